The maximum atomic E-state index is 5.34. The van der Waals surface area contributed by atoms with Gasteiger partial charge in [-0.3, -0.25) is 0 Å². The summed E-state index contributed by atoms with van der Waals surface area (Å²) in [6.45, 7) is 6.16. The van der Waals surface area contributed by atoms with E-state index in [0.717, 1.165) is 36.0 Å². The third-order valence-corrected chi connectivity index (χ3v) is 3.51. The van der Waals surface area contributed by atoms with Crippen LogP contribution in [0.3, 0.4) is 0 Å². The number of hydrogen-bond donors (Lipinski definition) is 1. The Morgan fingerprint density at radius 1 is 1.50 bits per heavy atom. The first kappa shape index (κ1) is 11.4. The summed E-state index contributed by atoms with van der Waals surface area (Å²) in [5, 5.41) is 4.36. The molecule has 0 aromatic carbocycles. The second-order valence-electron chi connectivity index (χ2n) is 3.68. The van der Waals surface area contributed by atoms with Crippen LogP contribution in [0.1, 0.15) is 23.9 Å². The summed E-state index contributed by atoms with van der Waals surface area (Å²) in [5.74, 6) is 0.856. The van der Waals surface area contributed by atoms with Crippen LogP contribution >= 0.6 is 11.3 Å². The Morgan fingerprint density at radius 2 is 2.38 bits per heavy atom. The number of hydrogen-bond acceptors (Lipinski definition) is 4. The van der Waals surface area contributed by atoms with Gasteiger partial charge < -0.3 is 9.73 Å². The van der Waals surface area contributed by atoms with E-state index >= 15 is 0 Å². The van der Waals surface area contributed by atoms with Crippen LogP contribution in [0, 0.1) is 6.92 Å². The molecule has 1 N–H and O–H groups in total. The maximum Gasteiger partial charge on any atom is 0.162 e. The average Bonchev–Trinajstić information content (AvgIpc) is 2.88. The third kappa shape index (κ3) is 2.51. The molecule has 0 radical (unpaired) electrons. The summed E-state index contributed by atoms with van der Waals surface area (Å²) in [5.41, 5.74) is 1.10. The molecule has 2 aromatic rings. The van der Waals surface area contributed by atoms with Crippen LogP contribution in [-0.2, 0) is 6.54 Å². The van der Waals surface area contributed by atoms with Crippen LogP contribution in [-0.4, -0.2) is 11.5 Å². The molecule has 2 rings (SSSR count). The molecule has 0 aliphatic carbocycles. The Bertz CT molecular complexity index is 434. The van der Waals surface area contributed by atoms with Crippen molar-refractivity contribution in [3.05, 3.63) is 29.0 Å². The highest BCUT2D eigenvalue weighted by atomic mass is 32.1. The molecule has 0 fully saturated rings. The van der Waals surface area contributed by atoms with Gasteiger partial charge in [-0.25, -0.2) is 4.98 Å². The van der Waals surface area contributed by atoms with Gasteiger partial charge in [-0.1, -0.05) is 6.92 Å². The Balaban J connectivity index is 2.10. The third-order valence-electron chi connectivity index (χ3n) is 2.34. The number of rotatable bonds is 5. The van der Waals surface area contributed by atoms with Crippen molar-refractivity contribution >= 4 is 11.3 Å². The molecule has 0 aliphatic heterocycles. The SMILES string of the molecule is CCCNCc1sc(-c2ccco2)nc1C. The van der Waals surface area contributed by atoms with Gasteiger partial charge in [0.25, 0.3) is 0 Å². The first-order chi connectivity index (χ1) is 7.81. The summed E-state index contributed by atoms with van der Waals surface area (Å²) >= 11 is 1.70. The van der Waals surface area contributed by atoms with E-state index in [0.29, 0.717) is 0 Å². The number of aromatic nitrogens is 1. The zero-order valence-corrected chi connectivity index (χ0v) is 10.4. The minimum Gasteiger partial charge on any atom is -0.462 e. The van der Waals surface area contributed by atoms with Gasteiger partial charge in [0, 0.05) is 11.4 Å². The molecule has 86 valence electrons. The standard InChI is InChI=1S/C12H16N2OS/c1-3-6-13-8-11-9(2)14-12(16-11)10-5-4-7-15-10/h4-5,7,13H,3,6,8H2,1-2H3. The molecule has 0 aliphatic rings. The molecule has 2 heterocycles. The summed E-state index contributed by atoms with van der Waals surface area (Å²) in [4.78, 5) is 5.81. The van der Waals surface area contributed by atoms with Crippen molar-refractivity contribution < 1.29 is 4.42 Å². The van der Waals surface area contributed by atoms with E-state index in [1.165, 1.54) is 4.88 Å². The first-order valence-corrected chi connectivity index (χ1v) is 6.33. The molecule has 0 unspecified atom stereocenters. The molecule has 0 saturated heterocycles. The average molecular weight is 236 g/mol. The van der Waals surface area contributed by atoms with E-state index in [9.17, 15) is 0 Å². The van der Waals surface area contributed by atoms with Crippen molar-refractivity contribution in [2.24, 2.45) is 0 Å². The highest BCUT2D eigenvalue weighted by molar-refractivity contribution is 7.15. The predicted octanol–water partition coefficient (Wildman–Crippen LogP) is 3.21. The highest BCUT2D eigenvalue weighted by Crippen LogP contribution is 2.27. The minimum absolute atomic E-state index is 0.856. The normalized spacial score (nSPS) is 10.9. The number of aryl methyl sites for hydroxylation is 1. The Morgan fingerprint density at radius 3 is 3.06 bits per heavy atom. The quantitative estimate of drug-likeness (QED) is 0.810. The van der Waals surface area contributed by atoms with Crippen molar-refractivity contribution in [3.8, 4) is 10.8 Å². The van der Waals surface area contributed by atoms with Crippen LogP contribution in [0.25, 0.3) is 10.8 Å². The fraction of sp³-hybridized carbons (Fsp3) is 0.417. The van der Waals surface area contributed by atoms with Gasteiger partial charge in [-0.2, -0.15) is 0 Å². The lowest BCUT2D eigenvalue weighted by atomic mass is 10.4. The predicted molar refractivity (Wildman–Crippen MR) is 66.6 cm³/mol. The smallest absolute Gasteiger partial charge is 0.162 e. The summed E-state index contributed by atoms with van der Waals surface area (Å²) < 4.78 is 5.34. The van der Waals surface area contributed by atoms with Crippen LogP contribution in [0.4, 0.5) is 0 Å². The largest absolute Gasteiger partial charge is 0.462 e. The Hall–Kier alpha value is -1.13. The lowest BCUT2D eigenvalue weighted by Crippen LogP contribution is -2.13. The van der Waals surface area contributed by atoms with Crippen molar-refractivity contribution in [3.63, 3.8) is 0 Å². The molecular formula is C12H16N2OS. The zero-order chi connectivity index (χ0) is 11.4. The van der Waals surface area contributed by atoms with E-state index < -0.39 is 0 Å². The fourth-order valence-corrected chi connectivity index (χ4v) is 2.48. The Kier molecular flexibility index (Phi) is 3.74. The lowest BCUT2D eigenvalue weighted by Gasteiger charge is -1.99. The number of thiazole rings is 1. The molecule has 0 atom stereocenters. The second kappa shape index (κ2) is 5.27. The summed E-state index contributed by atoms with van der Waals surface area (Å²) in [6, 6.07) is 3.84. The van der Waals surface area contributed by atoms with Crippen LogP contribution in [0.15, 0.2) is 22.8 Å². The first-order valence-electron chi connectivity index (χ1n) is 5.52. The van der Waals surface area contributed by atoms with Gasteiger partial charge >= 0.3 is 0 Å². The van der Waals surface area contributed by atoms with E-state index in [2.05, 4.69) is 17.2 Å². The van der Waals surface area contributed by atoms with Gasteiger partial charge in [-0.05, 0) is 32.0 Å². The number of nitrogens with zero attached hydrogens (tertiary/aromatic N) is 1. The molecular weight excluding hydrogens is 220 g/mol. The van der Waals surface area contributed by atoms with Crippen molar-refractivity contribution in [1.29, 1.82) is 0 Å². The van der Waals surface area contributed by atoms with Gasteiger partial charge in [0.05, 0.1) is 12.0 Å². The van der Waals surface area contributed by atoms with E-state index in [1.807, 2.05) is 19.1 Å². The minimum atomic E-state index is 0.856. The zero-order valence-electron chi connectivity index (χ0n) is 9.62. The van der Waals surface area contributed by atoms with Crippen LogP contribution < -0.4 is 5.32 Å². The lowest BCUT2D eigenvalue weighted by molar-refractivity contribution is 0.581. The van der Waals surface area contributed by atoms with Crippen LogP contribution in [0.5, 0.6) is 0 Å². The molecule has 2 aromatic heterocycles. The molecule has 3 nitrogen and oxygen atoms in total. The molecule has 4 heteroatoms. The van der Waals surface area contributed by atoms with E-state index in [4.69, 9.17) is 4.42 Å². The molecule has 0 amide bonds. The van der Waals surface area contributed by atoms with Crippen LogP contribution in [0.2, 0.25) is 0 Å². The maximum absolute atomic E-state index is 5.34. The number of nitrogens with one attached hydrogen (secondary N) is 1. The molecule has 0 saturated carbocycles. The van der Waals surface area contributed by atoms with Gasteiger partial charge in [0.15, 0.2) is 10.8 Å². The molecule has 0 spiro atoms. The van der Waals surface area contributed by atoms with E-state index in [-0.39, 0.29) is 0 Å². The van der Waals surface area contributed by atoms with E-state index in [1.54, 1.807) is 17.6 Å². The van der Waals surface area contributed by atoms with Gasteiger partial charge in [0.1, 0.15) is 0 Å². The Labute approximate surface area is 99.5 Å². The number of furan rings is 1. The van der Waals surface area contributed by atoms with Gasteiger partial charge in [0.2, 0.25) is 0 Å². The summed E-state index contributed by atoms with van der Waals surface area (Å²) in [6.07, 6.45) is 2.84. The second-order valence-corrected chi connectivity index (χ2v) is 4.77. The fourth-order valence-electron chi connectivity index (χ4n) is 1.48. The van der Waals surface area contributed by atoms with Crippen molar-refractivity contribution in [1.82, 2.24) is 10.3 Å². The van der Waals surface area contributed by atoms with Gasteiger partial charge in [-0.15, -0.1) is 11.3 Å². The molecule has 0 bridgehead atoms. The highest BCUT2D eigenvalue weighted by Gasteiger charge is 2.10. The topological polar surface area (TPSA) is 38.1 Å². The summed E-state index contributed by atoms with van der Waals surface area (Å²) in [7, 11) is 0. The monoisotopic (exact) mass is 236 g/mol. The molecule has 16 heavy (non-hydrogen) atoms. The van der Waals surface area contributed by atoms with Crippen molar-refractivity contribution in [2.45, 2.75) is 26.8 Å². The van der Waals surface area contributed by atoms with Crippen molar-refractivity contribution in [2.75, 3.05) is 6.54 Å².